The molecule has 0 unspecified atom stereocenters. The summed E-state index contributed by atoms with van der Waals surface area (Å²) in [6.45, 7) is 8.47. The van der Waals surface area contributed by atoms with E-state index in [0.717, 1.165) is 0 Å². The van der Waals surface area contributed by atoms with Crippen molar-refractivity contribution < 1.29 is 0 Å². The molecule has 0 aromatic carbocycles. The molecule has 0 saturated carbocycles. The Morgan fingerprint density at radius 2 is 1.22 bits per heavy atom. The highest BCUT2D eigenvalue weighted by molar-refractivity contribution is 5.05. The van der Waals surface area contributed by atoms with Gasteiger partial charge in [-0.3, -0.25) is 0 Å². The Morgan fingerprint density at radius 3 is 1.44 bits per heavy atom. The molecule has 0 aliphatic rings. The van der Waals surface area contributed by atoms with E-state index in [1.807, 2.05) is 13.8 Å². The summed E-state index contributed by atoms with van der Waals surface area (Å²) >= 11 is 0. The van der Waals surface area contributed by atoms with Crippen molar-refractivity contribution in [2.45, 2.75) is 27.7 Å². The minimum Gasteiger partial charge on any atom is -0.0908 e. The van der Waals surface area contributed by atoms with Gasteiger partial charge < -0.3 is 0 Å². The maximum Gasteiger partial charge on any atom is 0.000419 e. The van der Waals surface area contributed by atoms with Crippen LogP contribution in [0.4, 0.5) is 0 Å². The molecule has 0 aromatic heterocycles. The van der Waals surface area contributed by atoms with Crippen molar-refractivity contribution in [1.29, 1.82) is 0 Å². The van der Waals surface area contributed by atoms with Crippen LogP contribution >= 0.6 is 0 Å². The maximum atomic E-state index is 2.19. The topological polar surface area (TPSA) is 0 Å². The van der Waals surface area contributed by atoms with Crippen LogP contribution in [0, 0.1) is 5.41 Å². The third-order valence-corrected chi connectivity index (χ3v) is 1.19. The molecule has 0 rings (SSSR count). The molecule has 0 saturated heterocycles. The molecule has 0 spiro atoms. The molecule has 0 aromatic rings. The Morgan fingerprint density at radius 1 is 0.889 bits per heavy atom. The zero-order chi connectivity index (χ0) is 7.33. The Labute approximate surface area is 58.3 Å². The van der Waals surface area contributed by atoms with Gasteiger partial charge in [0.05, 0.1) is 0 Å². The van der Waals surface area contributed by atoms with Gasteiger partial charge in [0.15, 0.2) is 0 Å². The average Bonchev–Trinajstić information content (AvgIpc) is 1.64. The molecule has 0 bridgehead atoms. The highest BCUT2D eigenvalue weighted by Crippen LogP contribution is 2.17. The van der Waals surface area contributed by atoms with Crippen LogP contribution in [-0.2, 0) is 0 Å². The lowest BCUT2D eigenvalue weighted by atomic mass is 9.93. The van der Waals surface area contributed by atoms with Crippen molar-refractivity contribution in [3.63, 3.8) is 0 Å². The van der Waals surface area contributed by atoms with E-state index in [2.05, 4.69) is 38.2 Å². The van der Waals surface area contributed by atoms with E-state index < -0.39 is 0 Å². The van der Waals surface area contributed by atoms with Gasteiger partial charge in [0, 0.05) is 5.41 Å². The zero-order valence-electron chi connectivity index (χ0n) is 6.81. The fraction of sp³-hybridized carbons (Fsp3) is 0.556. The summed E-state index contributed by atoms with van der Waals surface area (Å²) in [5.74, 6) is 0. The summed E-state index contributed by atoms with van der Waals surface area (Å²) in [7, 11) is 0. The highest BCUT2D eigenvalue weighted by Gasteiger charge is 2.05. The van der Waals surface area contributed by atoms with E-state index in [9.17, 15) is 0 Å². The van der Waals surface area contributed by atoms with Gasteiger partial charge in [-0.05, 0) is 13.8 Å². The first-order chi connectivity index (χ1) is 4.12. The van der Waals surface area contributed by atoms with Gasteiger partial charge in [-0.15, -0.1) is 0 Å². The van der Waals surface area contributed by atoms with Crippen LogP contribution in [0.5, 0.6) is 0 Å². The molecule has 0 heterocycles. The molecule has 52 valence electrons. The minimum atomic E-state index is 0.240. The lowest BCUT2D eigenvalue weighted by molar-refractivity contribution is 0.624. The predicted molar refractivity (Wildman–Crippen MR) is 43.4 cm³/mol. The molecule has 0 fully saturated rings. The normalized spacial score (nSPS) is 13.8. The molecule has 0 aliphatic heterocycles. The van der Waals surface area contributed by atoms with Crippen LogP contribution in [0.25, 0.3) is 0 Å². The van der Waals surface area contributed by atoms with Gasteiger partial charge in [-0.25, -0.2) is 0 Å². The van der Waals surface area contributed by atoms with Gasteiger partial charge in [0.25, 0.3) is 0 Å². The molecule has 0 atom stereocenters. The lowest BCUT2D eigenvalue weighted by Crippen LogP contribution is -2.00. The summed E-state index contributed by atoms with van der Waals surface area (Å²) in [6, 6.07) is 0. The molecular formula is C9H16. The van der Waals surface area contributed by atoms with Crippen LogP contribution in [0.15, 0.2) is 24.3 Å². The van der Waals surface area contributed by atoms with Crippen LogP contribution in [0.2, 0.25) is 0 Å². The Bertz CT molecular complexity index is 102. The first-order valence-corrected chi connectivity index (χ1v) is 3.40. The van der Waals surface area contributed by atoms with Crippen LogP contribution in [0.1, 0.15) is 27.7 Å². The number of rotatable bonds is 2. The minimum absolute atomic E-state index is 0.240. The van der Waals surface area contributed by atoms with Crippen molar-refractivity contribution in [3.8, 4) is 0 Å². The fourth-order valence-electron chi connectivity index (χ4n) is 0.915. The lowest BCUT2D eigenvalue weighted by Gasteiger charge is -2.12. The highest BCUT2D eigenvalue weighted by atomic mass is 14.1. The van der Waals surface area contributed by atoms with Crippen molar-refractivity contribution in [2.24, 2.45) is 5.41 Å². The second-order valence-corrected chi connectivity index (χ2v) is 2.82. The third-order valence-electron chi connectivity index (χ3n) is 1.19. The molecule has 0 heteroatoms. The Kier molecular flexibility index (Phi) is 3.29. The quantitative estimate of drug-likeness (QED) is 0.496. The number of hydrogen-bond acceptors (Lipinski definition) is 0. The Balaban J connectivity index is 4.01. The third kappa shape index (κ3) is 4.01. The summed E-state index contributed by atoms with van der Waals surface area (Å²) in [4.78, 5) is 0. The van der Waals surface area contributed by atoms with Gasteiger partial charge in [-0.1, -0.05) is 38.2 Å². The predicted octanol–water partition coefficient (Wildman–Crippen LogP) is 3.16. The van der Waals surface area contributed by atoms with E-state index in [0.29, 0.717) is 0 Å². The number of hydrogen-bond donors (Lipinski definition) is 0. The molecule has 0 radical (unpaired) electrons. The molecule has 0 aliphatic carbocycles. The standard InChI is InChI=1S/C9H16/c1-5-7-9(3,4)8-6-2/h5-8H,1-4H3/b7-5+,8-6+. The average molecular weight is 124 g/mol. The molecular weight excluding hydrogens is 108 g/mol. The second kappa shape index (κ2) is 3.49. The van der Waals surface area contributed by atoms with E-state index >= 15 is 0 Å². The summed E-state index contributed by atoms with van der Waals surface area (Å²) < 4.78 is 0. The van der Waals surface area contributed by atoms with Crippen LogP contribution < -0.4 is 0 Å². The van der Waals surface area contributed by atoms with Crippen molar-refractivity contribution in [2.75, 3.05) is 0 Å². The monoisotopic (exact) mass is 124 g/mol. The van der Waals surface area contributed by atoms with E-state index in [1.54, 1.807) is 0 Å². The van der Waals surface area contributed by atoms with Crippen molar-refractivity contribution in [1.82, 2.24) is 0 Å². The fourth-order valence-corrected chi connectivity index (χ4v) is 0.915. The van der Waals surface area contributed by atoms with E-state index in [-0.39, 0.29) is 5.41 Å². The van der Waals surface area contributed by atoms with Gasteiger partial charge in [-0.2, -0.15) is 0 Å². The smallest absolute Gasteiger partial charge is 0.000419 e. The van der Waals surface area contributed by atoms with E-state index in [4.69, 9.17) is 0 Å². The summed E-state index contributed by atoms with van der Waals surface area (Å²) in [5.41, 5.74) is 0.240. The first-order valence-electron chi connectivity index (χ1n) is 3.40. The maximum absolute atomic E-state index is 2.19. The van der Waals surface area contributed by atoms with Crippen LogP contribution in [-0.4, -0.2) is 0 Å². The first kappa shape index (κ1) is 8.48. The van der Waals surface area contributed by atoms with Crippen LogP contribution in [0.3, 0.4) is 0 Å². The van der Waals surface area contributed by atoms with Gasteiger partial charge in [0.1, 0.15) is 0 Å². The van der Waals surface area contributed by atoms with Gasteiger partial charge in [0.2, 0.25) is 0 Å². The van der Waals surface area contributed by atoms with Crippen molar-refractivity contribution in [3.05, 3.63) is 24.3 Å². The number of allylic oxidation sites excluding steroid dienone is 4. The van der Waals surface area contributed by atoms with E-state index in [1.165, 1.54) is 0 Å². The van der Waals surface area contributed by atoms with Crippen molar-refractivity contribution >= 4 is 0 Å². The van der Waals surface area contributed by atoms with Gasteiger partial charge >= 0.3 is 0 Å². The zero-order valence-corrected chi connectivity index (χ0v) is 6.81. The Hall–Kier alpha value is -0.520. The summed E-state index contributed by atoms with van der Waals surface area (Å²) in [5, 5.41) is 0. The summed E-state index contributed by atoms with van der Waals surface area (Å²) in [6.07, 6.45) is 8.54. The largest absolute Gasteiger partial charge is 0.0908 e. The second-order valence-electron chi connectivity index (χ2n) is 2.82. The molecule has 0 nitrogen and oxygen atoms in total. The SMILES string of the molecule is C/C=C/C(C)(C)/C=C/C. The molecule has 0 N–H and O–H groups in total. The molecule has 0 amide bonds. The molecule has 9 heavy (non-hydrogen) atoms.